The average molecular weight is 619 g/mol. The summed E-state index contributed by atoms with van der Waals surface area (Å²) in [6.07, 6.45) is 9.04. The lowest BCUT2D eigenvalue weighted by Gasteiger charge is -2.44. The largest absolute Gasteiger partial charge is 0.387 e. The van der Waals surface area contributed by atoms with Crippen molar-refractivity contribution in [2.45, 2.75) is 122 Å². The Morgan fingerprint density at radius 1 is 0.556 bits per heavy atom. The molecule has 0 aromatic heterocycles. The molecule has 3 aromatic rings. The molecule has 1 saturated heterocycles. The lowest BCUT2D eigenvalue weighted by molar-refractivity contribution is -0.321. The number of aliphatic hydroxyl groups is 1. The topological polar surface area (TPSA) is 66.4 Å². The molecule has 0 unspecified atom stereocenters. The molecule has 45 heavy (non-hydrogen) atoms. The van der Waals surface area contributed by atoms with Crippen molar-refractivity contribution in [2.24, 2.45) is 0 Å². The molecule has 5 atom stereocenters. The Morgan fingerprint density at radius 3 is 1.56 bits per heavy atom. The summed E-state index contributed by atoms with van der Waals surface area (Å²) in [5.41, 5.74) is 3.13. The summed E-state index contributed by atoms with van der Waals surface area (Å²) in [5, 5.41) is 11.6. The van der Waals surface area contributed by atoms with Gasteiger partial charge >= 0.3 is 0 Å². The standard InChI is InChI=1S/C39H54O6/c1-2-3-4-5-6-7-8-9-10-20-27-42-39-38(44-30-34-25-18-13-19-26-34)37(43-29-33-23-16-12-17-24-33)36(40)35(45-39)31-41-28-32-21-14-11-15-22-32/h11-19,21-26,35-40H,2-10,20,27-31H2,1H3/t35-,36-,37+,38-,39-/m1/s1. The number of unbranched alkanes of at least 4 members (excludes halogenated alkanes) is 9. The summed E-state index contributed by atoms with van der Waals surface area (Å²) in [4.78, 5) is 0. The monoisotopic (exact) mass is 618 g/mol. The van der Waals surface area contributed by atoms with Crippen molar-refractivity contribution in [3.8, 4) is 0 Å². The van der Waals surface area contributed by atoms with E-state index in [0.717, 1.165) is 29.5 Å². The fraction of sp³-hybridized carbons (Fsp3) is 0.538. The van der Waals surface area contributed by atoms with E-state index >= 15 is 0 Å². The Hall–Kier alpha value is -2.58. The highest BCUT2D eigenvalue weighted by Crippen LogP contribution is 2.29. The summed E-state index contributed by atoms with van der Waals surface area (Å²) >= 11 is 0. The quantitative estimate of drug-likeness (QED) is 0.114. The molecule has 6 heteroatoms. The van der Waals surface area contributed by atoms with Gasteiger partial charge in [0.25, 0.3) is 0 Å². The normalized spacial score (nSPS) is 21.6. The summed E-state index contributed by atoms with van der Waals surface area (Å²) in [6, 6.07) is 30.0. The van der Waals surface area contributed by atoms with Crippen molar-refractivity contribution in [3.63, 3.8) is 0 Å². The number of rotatable bonds is 22. The van der Waals surface area contributed by atoms with E-state index in [1.165, 1.54) is 51.4 Å². The number of hydrogen-bond donors (Lipinski definition) is 1. The van der Waals surface area contributed by atoms with Crippen LogP contribution in [0.2, 0.25) is 0 Å². The van der Waals surface area contributed by atoms with E-state index in [4.69, 9.17) is 23.7 Å². The average Bonchev–Trinajstić information content (AvgIpc) is 3.08. The van der Waals surface area contributed by atoms with Gasteiger partial charge in [-0.25, -0.2) is 0 Å². The third-order valence-electron chi connectivity index (χ3n) is 8.36. The lowest BCUT2D eigenvalue weighted by atomic mass is 9.98. The van der Waals surface area contributed by atoms with Crippen LogP contribution in [0, 0.1) is 0 Å². The van der Waals surface area contributed by atoms with E-state index in [9.17, 15) is 5.11 Å². The van der Waals surface area contributed by atoms with Crippen LogP contribution >= 0.6 is 0 Å². The van der Waals surface area contributed by atoms with Crippen LogP contribution < -0.4 is 0 Å². The predicted octanol–water partition coefficient (Wildman–Crippen LogP) is 8.40. The van der Waals surface area contributed by atoms with E-state index in [2.05, 4.69) is 6.92 Å². The van der Waals surface area contributed by atoms with E-state index in [0.29, 0.717) is 26.4 Å². The highest BCUT2D eigenvalue weighted by molar-refractivity contribution is 5.15. The number of ether oxygens (including phenoxy) is 5. The molecule has 0 radical (unpaired) electrons. The van der Waals surface area contributed by atoms with Gasteiger partial charge in [0.05, 0.1) is 26.4 Å². The van der Waals surface area contributed by atoms with Gasteiger partial charge in [0.1, 0.15) is 24.4 Å². The highest BCUT2D eigenvalue weighted by atomic mass is 16.7. The first-order valence-electron chi connectivity index (χ1n) is 17.1. The molecule has 0 amide bonds. The molecule has 0 saturated carbocycles. The van der Waals surface area contributed by atoms with E-state index < -0.39 is 30.7 Å². The molecule has 4 rings (SSSR count). The Morgan fingerprint density at radius 2 is 1.02 bits per heavy atom. The second-order valence-corrected chi connectivity index (χ2v) is 12.1. The third kappa shape index (κ3) is 13.0. The maximum atomic E-state index is 11.6. The number of aliphatic hydroxyl groups excluding tert-OH is 1. The predicted molar refractivity (Wildman–Crippen MR) is 179 cm³/mol. The summed E-state index contributed by atoms with van der Waals surface area (Å²) in [6.45, 7) is 4.17. The number of benzene rings is 3. The molecular weight excluding hydrogens is 564 g/mol. The molecule has 0 aliphatic carbocycles. The minimum Gasteiger partial charge on any atom is -0.387 e. The van der Waals surface area contributed by atoms with Crippen LogP contribution in [-0.4, -0.2) is 49.0 Å². The van der Waals surface area contributed by atoms with Crippen molar-refractivity contribution in [3.05, 3.63) is 108 Å². The van der Waals surface area contributed by atoms with Gasteiger partial charge in [0, 0.05) is 6.61 Å². The minimum absolute atomic E-state index is 0.213. The molecule has 1 N–H and O–H groups in total. The zero-order valence-corrected chi connectivity index (χ0v) is 27.1. The Labute approximate surface area is 271 Å². The first kappa shape index (κ1) is 35.3. The maximum Gasteiger partial charge on any atom is 0.186 e. The van der Waals surface area contributed by atoms with Crippen molar-refractivity contribution >= 4 is 0 Å². The SMILES string of the molecule is CCCCCCCCCCCCO[C@@H]1O[C@H](COCc2ccccc2)[C@@H](O)[C@H](OCc2ccccc2)[C@H]1OCc1ccccc1. The fourth-order valence-electron chi connectivity index (χ4n) is 5.72. The maximum absolute atomic E-state index is 11.6. The van der Waals surface area contributed by atoms with Gasteiger partial charge in [-0.15, -0.1) is 0 Å². The third-order valence-corrected chi connectivity index (χ3v) is 8.36. The van der Waals surface area contributed by atoms with Crippen LogP contribution in [0.4, 0.5) is 0 Å². The van der Waals surface area contributed by atoms with Crippen LogP contribution in [-0.2, 0) is 43.5 Å². The van der Waals surface area contributed by atoms with Crippen LogP contribution in [0.5, 0.6) is 0 Å². The lowest BCUT2D eigenvalue weighted by Crippen LogP contribution is -2.61. The first-order valence-corrected chi connectivity index (χ1v) is 17.1. The fourth-order valence-corrected chi connectivity index (χ4v) is 5.72. The summed E-state index contributed by atoms with van der Waals surface area (Å²) in [7, 11) is 0. The van der Waals surface area contributed by atoms with Crippen LogP contribution in [0.15, 0.2) is 91.0 Å². The van der Waals surface area contributed by atoms with Gasteiger partial charge in [-0.1, -0.05) is 156 Å². The molecule has 6 nitrogen and oxygen atoms in total. The highest BCUT2D eigenvalue weighted by Gasteiger charge is 2.47. The number of hydrogen-bond acceptors (Lipinski definition) is 6. The minimum atomic E-state index is -0.956. The molecule has 1 fully saturated rings. The first-order chi connectivity index (χ1) is 22.2. The van der Waals surface area contributed by atoms with Crippen molar-refractivity contribution in [1.29, 1.82) is 0 Å². The van der Waals surface area contributed by atoms with Gasteiger partial charge in [0.2, 0.25) is 0 Å². The van der Waals surface area contributed by atoms with Crippen LogP contribution in [0.1, 0.15) is 87.8 Å². The van der Waals surface area contributed by atoms with Gasteiger partial charge < -0.3 is 28.8 Å². The molecule has 1 aliphatic rings. The van der Waals surface area contributed by atoms with Crippen molar-refractivity contribution in [2.75, 3.05) is 13.2 Å². The molecule has 0 bridgehead atoms. The summed E-state index contributed by atoms with van der Waals surface area (Å²) < 4.78 is 31.7. The van der Waals surface area contributed by atoms with Gasteiger partial charge in [0.15, 0.2) is 6.29 Å². The van der Waals surface area contributed by atoms with Gasteiger partial charge in [-0.05, 0) is 23.1 Å². The Bertz CT molecular complexity index is 1130. The zero-order valence-electron chi connectivity index (χ0n) is 27.1. The summed E-state index contributed by atoms with van der Waals surface area (Å²) in [5.74, 6) is 0. The zero-order chi connectivity index (χ0) is 31.4. The van der Waals surface area contributed by atoms with E-state index in [1.54, 1.807) is 0 Å². The second-order valence-electron chi connectivity index (χ2n) is 12.1. The van der Waals surface area contributed by atoms with E-state index in [1.807, 2.05) is 91.0 Å². The molecule has 3 aromatic carbocycles. The van der Waals surface area contributed by atoms with E-state index in [-0.39, 0.29) is 6.61 Å². The molecule has 0 spiro atoms. The Balaban J connectivity index is 1.37. The molecule has 1 aliphatic heterocycles. The second kappa shape index (κ2) is 21.3. The molecule has 246 valence electrons. The van der Waals surface area contributed by atoms with Gasteiger partial charge in [-0.2, -0.15) is 0 Å². The Kier molecular flexibility index (Phi) is 16.7. The van der Waals surface area contributed by atoms with Crippen LogP contribution in [0.25, 0.3) is 0 Å². The molecule has 1 heterocycles. The molecular formula is C39H54O6. The van der Waals surface area contributed by atoms with Crippen LogP contribution in [0.3, 0.4) is 0 Å². The van der Waals surface area contributed by atoms with Crippen molar-refractivity contribution < 1.29 is 28.8 Å². The smallest absolute Gasteiger partial charge is 0.186 e. The van der Waals surface area contributed by atoms with Crippen molar-refractivity contribution in [1.82, 2.24) is 0 Å². The van der Waals surface area contributed by atoms with Gasteiger partial charge in [-0.3, -0.25) is 0 Å².